The Morgan fingerprint density at radius 1 is 1.39 bits per heavy atom. The van der Waals surface area contributed by atoms with E-state index in [-0.39, 0.29) is 5.92 Å². The number of hydrogen-bond acceptors (Lipinski definition) is 3. The summed E-state index contributed by atoms with van der Waals surface area (Å²) in [4.78, 5) is 34.8. The van der Waals surface area contributed by atoms with E-state index in [1.165, 1.54) is 4.90 Å². The van der Waals surface area contributed by atoms with Crippen LogP contribution in [0.2, 0.25) is 5.02 Å². The molecule has 1 heterocycles. The summed E-state index contributed by atoms with van der Waals surface area (Å²) in [5.41, 5.74) is 1.10. The standard InChI is InChI=1S/C20H21ClN4O3/c1-2-28-12-6-11-25-18(16-9-3-4-10-17(16)23-20(25)27)24-19(26)22-15-8-5-7-14(21)13-15/h3-5,7-10,13,16H,2,6,11-12H2,1H3,(H,22,26)/b24-18-. The van der Waals surface area contributed by atoms with Gasteiger partial charge in [-0.2, -0.15) is 9.98 Å². The fourth-order valence-corrected chi connectivity index (χ4v) is 3.11. The number of anilines is 1. The molecule has 3 rings (SSSR count). The van der Waals surface area contributed by atoms with Gasteiger partial charge < -0.3 is 10.1 Å². The van der Waals surface area contributed by atoms with E-state index >= 15 is 0 Å². The lowest BCUT2D eigenvalue weighted by Crippen LogP contribution is -2.47. The number of aliphatic imine (C=N–C) groups is 2. The van der Waals surface area contributed by atoms with Crippen molar-refractivity contribution in [2.45, 2.75) is 13.3 Å². The molecule has 0 bridgehead atoms. The Hall–Kier alpha value is -2.77. The van der Waals surface area contributed by atoms with Crippen LogP contribution in [0.1, 0.15) is 13.3 Å². The van der Waals surface area contributed by atoms with Crippen LogP contribution in [0.15, 0.2) is 58.6 Å². The SMILES string of the molecule is CCOCCCN1C(=O)N=C2C=CC=CC2/C1=N/C(=O)Nc1cccc(Cl)c1. The van der Waals surface area contributed by atoms with Crippen molar-refractivity contribution in [1.82, 2.24) is 4.90 Å². The number of urea groups is 2. The molecule has 1 aromatic carbocycles. The molecule has 0 spiro atoms. The minimum absolute atomic E-state index is 0.347. The molecule has 1 aromatic rings. The predicted molar refractivity (Wildman–Crippen MR) is 110 cm³/mol. The molecule has 7 nitrogen and oxygen atoms in total. The second kappa shape index (κ2) is 9.43. The van der Waals surface area contributed by atoms with Crippen LogP contribution in [0.25, 0.3) is 0 Å². The van der Waals surface area contributed by atoms with Gasteiger partial charge in [0.2, 0.25) is 0 Å². The van der Waals surface area contributed by atoms with Gasteiger partial charge in [0.05, 0.1) is 11.6 Å². The van der Waals surface area contributed by atoms with Crippen molar-refractivity contribution >= 4 is 40.9 Å². The minimum atomic E-state index is -0.580. The summed E-state index contributed by atoms with van der Waals surface area (Å²) >= 11 is 5.95. The monoisotopic (exact) mass is 400 g/mol. The summed E-state index contributed by atoms with van der Waals surface area (Å²) in [6, 6.07) is 5.77. The third kappa shape index (κ3) is 4.94. The van der Waals surface area contributed by atoms with Crippen molar-refractivity contribution in [3.63, 3.8) is 0 Å². The Bertz CT molecular complexity index is 876. The smallest absolute Gasteiger partial charge is 0.349 e. The van der Waals surface area contributed by atoms with Crippen molar-refractivity contribution in [2.75, 3.05) is 25.1 Å². The molecular weight excluding hydrogens is 380 g/mol. The fraction of sp³-hybridized carbons (Fsp3) is 0.300. The van der Waals surface area contributed by atoms with Gasteiger partial charge in [0, 0.05) is 30.5 Å². The van der Waals surface area contributed by atoms with Gasteiger partial charge in [0.15, 0.2) is 0 Å². The summed E-state index contributed by atoms with van der Waals surface area (Å²) in [5, 5.41) is 3.19. The number of rotatable bonds is 6. The second-order valence-corrected chi connectivity index (χ2v) is 6.59. The summed E-state index contributed by atoms with van der Waals surface area (Å²) in [5.74, 6) is 0.00605. The Kier molecular flexibility index (Phi) is 6.73. The molecule has 1 atom stereocenters. The topological polar surface area (TPSA) is 83.4 Å². The molecule has 0 saturated heterocycles. The molecular formula is C20H21ClN4O3. The number of carbonyl (C=O) groups excluding carboxylic acids is 2. The number of hydrogen-bond donors (Lipinski definition) is 1. The largest absolute Gasteiger partial charge is 0.382 e. The highest BCUT2D eigenvalue weighted by Crippen LogP contribution is 2.22. The first-order valence-corrected chi connectivity index (χ1v) is 9.44. The van der Waals surface area contributed by atoms with Gasteiger partial charge in [-0.3, -0.25) is 4.90 Å². The average molecular weight is 401 g/mol. The first-order chi connectivity index (χ1) is 13.6. The van der Waals surface area contributed by atoms with Crippen LogP contribution in [0.5, 0.6) is 0 Å². The van der Waals surface area contributed by atoms with Crippen LogP contribution in [0, 0.1) is 5.92 Å². The highest BCUT2D eigenvalue weighted by molar-refractivity contribution is 6.31. The maximum atomic E-state index is 12.5. The van der Waals surface area contributed by atoms with Gasteiger partial charge in [-0.1, -0.05) is 35.9 Å². The number of halogens is 1. The number of nitrogens with one attached hydrogen (secondary N) is 1. The van der Waals surface area contributed by atoms with E-state index in [9.17, 15) is 9.59 Å². The van der Waals surface area contributed by atoms with Gasteiger partial charge >= 0.3 is 12.1 Å². The number of nitrogens with zero attached hydrogens (tertiary/aromatic N) is 3. The molecule has 1 aliphatic carbocycles. The first kappa shape index (κ1) is 20.0. The molecule has 8 heteroatoms. The maximum absolute atomic E-state index is 12.5. The van der Waals surface area contributed by atoms with Crippen LogP contribution >= 0.6 is 11.6 Å². The number of benzene rings is 1. The third-order valence-corrected chi connectivity index (χ3v) is 4.41. The molecule has 2 aliphatic rings. The van der Waals surface area contributed by atoms with E-state index in [2.05, 4.69) is 15.3 Å². The summed E-state index contributed by atoms with van der Waals surface area (Å²) in [7, 11) is 0. The molecule has 146 valence electrons. The normalized spacial score (nSPS) is 19.6. The quantitative estimate of drug-likeness (QED) is 0.722. The van der Waals surface area contributed by atoms with E-state index in [4.69, 9.17) is 16.3 Å². The zero-order valence-electron chi connectivity index (χ0n) is 15.5. The molecule has 1 aliphatic heterocycles. The van der Waals surface area contributed by atoms with Crippen LogP contribution in [-0.2, 0) is 4.74 Å². The van der Waals surface area contributed by atoms with Crippen molar-refractivity contribution in [1.29, 1.82) is 0 Å². The molecule has 0 fully saturated rings. The third-order valence-electron chi connectivity index (χ3n) is 4.18. The first-order valence-electron chi connectivity index (χ1n) is 9.06. The van der Waals surface area contributed by atoms with E-state index in [0.29, 0.717) is 48.4 Å². The molecule has 1 unspecified atom stereocenters. The van der Waals surface area contributed by atoms with Gasteiger partial charge in [-0.05, 0) is 37.6 Å². The number of allylic oxidation sites excluding steroid dienone is 3. The summed E-state index contributed by atoms with van der Waals surface area (Å²) in [6.45, 7) is 3.40. The van der Waals surface area contributed by atoms with Gasteiger partial charge in [-0.15, -0.1) is 0 Å². The highest BCUT2D eigenvalue weighted by atomic mass is 35.5. The molecule has 0 aromatic heterocycles. The summed E-state index contributed by atoms with van der Waals surface area (Å²) < 4.78 is 5.34. The van der Waals surface area contributed by atoms with Crippen molar-refractivity contribution in [2.24, 2.45) is 15.9 Å². The van der Waals surface area contributed by atoms with Crippen molar-refractivity contribution in [3.8, 4) is 0 Å². The van der Waals surface area contributed by atoms with Crippen molar-refractivity contribution < 1.29 is 14.3 Å². The van der Waals surface area contributed by atoms with Crippen LogP contribution in [-0.4, -0.2) is 48.3 Å². The Morgan fingerprint density at radius 3 is 3.04 bits per heavy atom. The highest BCUT2D eigenvalue weighted by Gasteiger charge is 2.34. The van der Waals surface area contributed by atoms with E-state index in [0.717, 1.165) is 0 Å². The predicted octanol–water partition coefficient (Wildman–Crippen LogP) is 4.32. The number of fused-ring (bicyclic) bond motifs is 1. The number of amides is 4. The van der Waals surface area contributed by atoms with Crippen LogP contribution in [0.4, 0.5) is 15.3 Å². The van der Waals surface area contributed by atoms with Gasteiger partial charge in [-0.25, -0.2) is 9.59 Å². The van der Waals surface area contributed by atoms with Crippen LogP contribution in [0.3, 0.4) is 0 Å². The van der Waals surface area contributed by atoms with E-state index in [1.807, 2.05) is 19.1 Å². The minimum Gasteiger partial charge on any atom is -0.382 e. The van der Waals surface area contributed by atoms with Crippen LogP contribution < -0.4 is 5.32 Å². The molecule has 4 amide bonds. The second-order valence-electron chi connectivity index (χ2n) is 6.15. The number of amidine groups is 1. The Balaban J connectivity index is 1.83. The van der Waals surface area contributed by atoms with Gasteiger partial charge in [0.1, 0.15) is 5.84 Å². The molecule has 28 heavy (non-hydrogen) atoms. The lowest BCUT2D eigenvalue weighted by atomic mass is 9.94. The van der Waals surface area contributed by atoms with Crippen molar-refractivity contribution in [3.05, 3.63) is 53.6 Å². The molecule has 1 N–H and O–H groups in total. The maximum Gasteiger partial charge on any atom is 0.349 e. The Morgan fingerprint density at radius 2 is 2.25 bits per heavy atom. The zero-order chi connectivity index (χ0) is 19.9. The van der Waals surface area contributed by atoms with E-state index < -0.39 is 12.1 Å². The lowest BCUT2D eigenvalue weighted by molar-refractivity contribution is 0.140. The Labute approximate surface area is 168 Å². The molecule has 0 saturated carbocycles. The van der Waals surface area contributed by atoms with E-state index in [1.54, 1.807) is 36.4 Å². The fourth-order valence-electron chi connectivity index (χ4n) is 2.92. The number of carbonyl (C=O) groups is 2. The lowest BCUT2D eigenvalue weighted by Gasteiger charge is -2.31. The average Bonchev–Trinajstić information content (AvgIpc) is 2.67. The zero-order valence-corrected chi connectivity index (χ0v) is 16.2. The summed E-state index contributed by atoms with van der Waals surface area (Å²) in [6.07, 6.45) is 7.89. The molecule has 0 radical (unpaired) electrons. The van der Waals surface area contributed by atoms with Gasteiger partial charge in [0.25, 0.3) is 0 Å². The number of ether oxygens (including phenoxy) is 1.